The molecule has 1 heterocycles. The molecule has 0 spiro atoms. The average molecular weight is 284 g/mol. The van der Waals surface area contributed by atoms with Crippen LogP contribution in [0.1, 0.15) is 56.7 Å². The summed E-state index contributed by atoms with van der Waals surface area (Å²) in [4.78, 5) is 0. The Hall–Kier alpha value is -1.77. The molecule has 1 aromatic heterocycles. The molecule has 0 amide bonds. The number of hydrogen-bond acceptors (Lipinski definition) is 3. The molecule has 1 aromatic carbocycles. The van der Waals surface area contributed by atoms with Crippen molar-refractivity contribution < 1.29 is 4.52 Å². The van der Waals surface area contributed by atoms with Gasteiger partial charge in [0.25, 0.3) is 0 Å². The predicted molar refractivity (Wildman–Crippen MR) is 86.1 cm³/mol. The zero-order chi connectivity index (χ0) is 15.0. The molecule has 3 heteroatoms. The summed E-state index contributed by atoms with van der Waals surface area (Å²) in [5.41, 5.74) is 10.7. The van der Waals surface area contributed by atoms with Crippen molar-refractivity contribution in [3.63, 3.8) is 0 Å². The molecule has 2 aromatic rings. The highest BCUT2D eigenvalue weighted by Crippen LogP contribution is 2.49. The Morgan fingerprint density at radius 3 is 2.81 bits per heavy atom. The maximum absolute atomic E-state index is 6.09. The number of nitrogens with two attached hydrogens (primary N) is 1. The molecule has 0 bridgehead atoms. The smallest absolute Gasteiger partial charge is 0.230 e. The first kappa shape index (κ1) is 14.2. The molecular weight excluding hydrogens is 260 g/mol. The fourth-order valence-corrected chi connectivity index (χ4v) is 3.65. The summed E-state index contributed by atoms with van der Waals surface area (Å²) in [7, 11) is 0. The van der Waals surface area contributed by atoms with Crippen LogP contribution in [0.4, 0.5) is 5.88 Å². The molecule has 1 aliphatic carbocycles. The van der Waals surface area contributed by atoms with Gasteiger partial charge in [0.15, 0.2) is 0 Å². The van der Waals surface area contributed by atoms with Crippen LogP contribution in [0.5, 0.6) is 0 Å². The quantitative estimate of drug-likeness (QED) is 0.852. The Bertz CT molecular complexity index is 642. The molecule has 1 fully saturated rings. The second kappa shape index (κ2) is 5.21. The molecule has 1 unspecified atom stereocenters. The lowest BCUT2D eigenvalue weighted by atomic mass is 9.67. The molecule has 21 heavy (non-hydrogen) atoms. The van der Waals surface area contributed by atoms with Gasteiger partial charge in [0.1, 0.15) is 0 Å². The Labute approximate surface area is 126 Å². The van der Waals surface area contributed by atoms with Crippen molar-refractivity contribution in [1.82, 2.24) is 5.16 Å². The lowest BCUT2D eigenvalue weighted by Crippen LogP contribution is -2.26. The highest BCUT2D eigenvalue weighted by atomic mass is 16.5. The number of nitrogens with zero attached hydrogens (tertiary/aromatic N) is 1. The van der Waals surface area contributed by atoms with Crippen molar-refractivity contribution in [2.75, 3.05) is 5.73 Å². The summed E-state index contributed by atoms with van der Waals surface area (Å²) < 4.78 is 5.36. The normalized spacial score (nSPS) is 21.4. The zero-order valence-electron chi connectivity index (χ0n) is 13.1. The van der Waals surface area contributed by atoms with Gasteiger partial charge in [0.2, 0.25) is 5.88 Å². The zero-order valence-corrected chi connectivity index (χ0v) is 13.1. The molecule has 1 atom stereocenters. The van der Waals surface area contributed by atoms with E-state index in [0.717, 1.165) is 23.2 Å². The first-order chi connectivity index (χ1) is 9.99. The lowest BCUT2D eigenvalue weighted by Gasteiger charge is -2.37. The van der Waals surface area contributed by atoms with Gasteiger partial charge in [0.05, 0.1) is 11.3 Å². The van der Waals surface area contributed by atoms with E-state index in [1.807, 2.05) is 0 Å². The van der Waals surface area contributed by atoms with Gasteiger partial charge >= 0.3 is 0 Å². The molecule has 3 rings (SSSR count). The summed E-state index contributed by atoms with van der Waals surface area (Å²) in [6.45, 7) is 6.76. The Morgan fingerprint density at radius 2 is 2.10 bits per heavy atom. The van der Waals surface area contributed by atoms with Crippen LogP contribution >= 0.6 is 0 Å². The van der Waals surface area contributed by atoms with Gasteiger partial charge in [-0.25, -0.2) is 0 Å². The minimum atomic E-state index is 0.250. The van der Waals surface area contributed by atoms with E-state index in [-0.39, 0.29) is 5.41 Å². The topological polar surface area (TPSA) is 52.0 Å². The van der Waals surface area contributed by atoms with Crippen LogP contribution in [-0.2, 0) is 0 Å². The van der Waals surface area contributed by atoms with Crippen molar-refractivity contribution in [3.8, 4) is 11.1 Å². The first-order valence-electron chi connectivity index (χ1n) is 7.81. The third-order valence-corrected chi connectivity index (χ3v) is 4.89. The van der Waals surface area contributed by atoms with Crippen molar-refractivity contribution in [2.24, 2.45) is 5.41 Å². The van der Waals surface area contributed by atoms with Gasteiger partial charge in [0, 0.05) is 5.92 Å². The predicted octanol–water partition coefficient (Wildman–Crippen LogP) is 4.92. The van der Waals surface area contributed by atoms with Crippen molar-refractivity contribution in [1.29, 1.82) is 0 Å². The third kappa shape index (κ3) is 2.57. The number of aryl methyl sites for hydroxylation is 1. The molecule has 0 radical (unpaired) electrons. The minimum Gasteiger partial charge on any atom is -0.367 e. The van der Waals surface area contributed by atoms with Gasteiger partial charge in [-0.1, -0.05) is 61.7 Å². The van der Waals surface area contributed by atoms with Gasteiger partial charge in [-0.15, -0.1) is 0 Å². The maximum atomic E-state index is 6.09. The number of rotatable bonds is 2. The van der Waals surface area contributed by atoms with Crippen LogP contribution in [0.15, 0.2) is 28.8 Å². The maximum Gasteiger partial charge on any atom is 0.230 e. The fourth-order valence-electron chi connectivity index (χ4n) is 3.65. The standard InChI is InChI=1S/C18H24N2O/c1-12-7-6-8-13(11-12)15-16(20-21-17(15)19)14-9-4-5-10-18(14,2)3/h6-8,11,14H,4-5,9-10,19H2,1-3H3. The summed E-state index contributed by atoms with van der Waals surface area (Å²) in [5, 5.41) is 4.34. The van der Waals surface area contributed by atoms with E-state index in [1.165, 1.54) is 24.8 Å². The first-order valence-corrected chi connectivity index (χ1v) is 7.81. The largest absolute Gasteiger partial charge is 0.367 e. The van der Waals surface area contributed by atoms with Crippen LogP contribution in [0.2, 0.25) is 0 Å². The SMILES string of the molecule is Cc1cccc(-c2c(C3CCCCC3(C)C)noc2N)c1. The van der Waals surface area contributed by atoms with E-state index in [4.69, 9.17) is 10.3 Å². The molecule has 1 saturated carbocycles. The van der Waals surface area contributed by atoms with Gasteiger partial charge in [-0.2, -0.15) is 0 Å². The molecule has 2 N–H and O–H groups in total. The number of aromatic nitrogens is 1. The molecule has 3 nitrogen and oxygen atoms in total. The molecule has 0 aliphatic heterocycles. The number of nitrogen functional groups attached to an aromatic ring is 1. The van der Waals surface area contributed by atoms with Crippen LogP contribution in [0, 0.1) is 12.3 Å². The van der Waals surface area contributed by atoms with Crippen LogP contribution in [0.25, 0.3) is 11.1 Å². The second-order valence-corrected chi connectivity index (χ2v) is 6.96. The van der Waals surface area contributed by atoms with Crippen LogP contribution in [-0.4, -0.2) is 5.16 Å². The second-order valence-electron chi connectivity index (χ2n) is 6.96. The van der Waals surface area contributed by atoms with Gasteiger partial charge < -0.3 is 10.3 Å². The molecular formula is C18H24N2O. The van der Waals surface area contributed by atoms with Crippen LogP contribution in [0.3, 0.4) is 0 Å². The number of hydrogen-bond donors (Lipinski definition) is 1. The summed E-state index contributed by atoms with van der Waals surface area (Å²) in [6.07, 6.45) is 4.96. The lowest BCUT2D eigenvalue weighted by molar-refractivity contribution is 0.192. The molecule has 112 valence electrons. The van der Waals surface area contributed by atoms with Crippen molar-refractivity contribution in [2.45, 2.75) is 52.4 Å². The average Bonchev–Trinajstić information content (AvgIpc) is 2.80. The van der Waals surface area contributed by atoms with E-state index < -0.39 is 0 Å². The van der Waals surface area contributed by atoms with E-state index in [9.17, 15) is 0 Å². The molecule has 1 aliphatic rings. The number of benzene rings is 1. The third-order valence-electron chi connectivity index (χ3n) is 4.89. The summed E-state index contributed by atoms with van der Waals surface area (Å²) >= 11 is 0. The van der Waals surface area contributed by atoms with E-state index in [2.05, 4.69) is 50.2 Å². The summed E-state index contributed by atoms with van der Waals surface area (Å²) in [6, 6.07) is 8.40. The van der Waals surface area contributed by atoms with E-state index in [1.54, 1.807) is 0 Å². The Balaban J connectivity index is 2.09. The summed E-state index contributed by atoms with van der Waals surface area (Å²) in [5.74, 6) is 0.861. The minimum absolute atomic E-state index is 0.250. The van der Waals surface area contributed by atoms with Crippen molar-refractivity contribution in [3.05, 3.63) is 35.5 Å². The van der Waals surface area contributed by atoms with Gasteiger partial charge in [-0.05, 0) is 30.7 Å². The van der Waals surface area contributed by atoms with E-state index in [0.29, 0.717) is 11.8 Å². The molecule has 0 saturated heterocycles. The van der Waals surface area contributed by atoms with Crippen LogP contribution < -0.4 is 5.73 Å². The van der Waals surface area contributed by atoms with Gasteiger partial charge in [-0.3, -0.25) is 0 Å². The fraction of sp³-hybridized carbons (Fsp3) is 0.500. The van der Waals surface area contributed by atoms with Crippen molar-refractivity contribution >= 4 is 5.88 Å². The Kier molecular flexibility index (Phi) is 3.52. The highest BCUT2D eigenvalue weighted by Gasteiger charge is 2.37. The highest BCUT2D eigenvalue weighted by molar-refractivity contribution is 5.76. The van der Waals surface area contributed by atoms with E-state index >= 15 is 0 Å². The monoisotopic (exact) mass is 284 g/mol. The Morgan fingerprint density at radius 1 is 1.29 bits per heavy atom. The number of anilines is 1.